The Hall–Kier alpha value is -3.83. The molecule has 0 aliphatic carbocycles. The normalized spacial score (nSPS) is 11.8. The third kappa shape index (κ3) is 6.98. The van der Waals surface area contributed by atoms with Gasteiger partial charge in [-0.3, -0.25) is 13.9 Å². The van der Waals surface area contributed by atoms with E-state index >= 15 is 0 Å². The zero-order valence-corrected chi connectivity index (χ0v) is 23.4. The average Bonchev–Trinajstić information content (AvgIpc) is 2.94. The first-order chi connectivity index (χ1) is 18.5. The van der Waals surface area contributed by atoms with E-state index < -0.39 is 40.2 Å². The molecular weight excluding hydrogens is 549 g/mol. The van der Waals surface area contributed by atoms with E-state index in [4.69, 9.17) is 21.1 Å². The molecule has 3 aromatic carbocycles. The molecule has 9 nitrogen and oxygen atoms in total. The molecule has 0 spiro atoms. The highest BCUT2D eigenvalue weighted by molar-refractivity contribution is 7.92. The maximum Gasteiger partial charge on any atom is 0.264 e. The van der Waals surface area contributed by atoms with Gasteiger partial charge < -0.3 is 19.7 Å². The maximum atomic E-state index is 13.9. The lowest BCUT2D eigenvalue weighted by atomic mass is 10.1. The molecular formula is C27H29ClFN3O6S. The molecule has 0 aliphatic heterocycles. The summed E-state index contributed by atoms with van der Waals surface area (Å²) >= 11 is 5.98. The summed E-state index contributed by atoms with van der Waals surface area (Å²) in [4.78, 5) is 27.3. The molecule has 1 unspecified atom stereocenters. The number of amides is 2. The molecule has 208 valence electrons. The number of carbonyl (C=O) groups is 2. The first-order valence-corrected chi connectivity index (χ1v) is 13.6. The van der Waals surface area contributed by atoms with Gasteiger partial charge in [0.25, 0.3) is 10.0 Å². The number of hydrogen-bond acceptors (Lipinski definition) is 6. The summed E-state index contributed by atoms with van der Waals surface area (Å²) < 4.78 is 52.8. The van der Waals surface area contributed by atoms with E-state index in [9.17, 15) is 22.4 Å². The largest absolute Gasteiger partial charge is 0.493 e. The van der Waals surface area contributed by atoms with Crippen molar-refractivity contribution in [3.05, 3.63) is 83.1 Å². The van der Waals surface area contributed by atoms with E-state index in [-0.39, 0.29) is 22.9 Å². The highest BCUT2D eigenvalue weighted by Gasteiger charge is 2.33. The summed E-state index contributed by atoms with van der Waals surface area (Å²) in [6.07, 6.45) is 0. The average molecular weight is 578 g/mol. The van der Waals surface area contributed by atoms with Crippen molar-refractivity contribution in [2.45, 2.75) is 24.4 Å². The van der Waals surface area contributed by atoms with Crippen LogP contribution in [0.2, 0.25) is 5.02 Å². The van der Waals surface area contributed by atoms with E-state index in [2.05, 4.69) is 5.32 Å². The Morgan fingerprint density at radius 3 is 2.15 bits per heavy atom. The number of anilines is 1. The molecule has 0 bridgehead atoms. The molecule has 2 amide bonds. The predicted molar refractivity (Wildman–Crippen MR) is 146 cm³/mol. The lowest BCUT2D eigenvalue weighted by Crippen LogP contribution is -2.50. The highest BCUT2D eigenvalue weighted by Crippen LogP contribution is 2.32. The fourth-order valence-corrected chi connectivity index (χ4v) is 5.37. The van der Waals surface area contributed by atoms with E-state index in [1.807, 2.05) is 0 Å². The molecule has 0 aromatic heterocycles. The quantitative estimate of drug-likeness (QED) is 0.371. The fraction of sp³-hybridized carbons (Fsp3) is 0.259. The monoisotopic (exact) mass is 577 g/mol. The summed E-state index contributed by atoms with van der Waals surface area (Å²) in [5.41, 5.74) is 0.734. The van der Waals surface area contributed by atoms with Crippen LogP contribution in [0.25, 0.3) is 0 Å². The maximum absolute atomic E-state index is 13.9. The number of rotatable bonds is 11. The molecule has 12 heteroatoms. The SMILES string of the molecule is CNC(=O)C(C)N(Cc1ccc(Cl)cc1)C(=O)CN(c1ccc(F)cc1)S(=O)(=O)c1ccc(OC)c(OC)c1. The number of likely N-dealkylation sites (N-methyl/N-ethyl adjacent to an activating group) is 1. The van der Waals surface area contributed by atoms with Crippen molar-refractivity contribution >= 4 is 39.1 Å². The summed E-state index contributed by atoms with van der Waals surface area (Å²) in [5.74, 6) is -1.19. The van der Waals surface area contributed by atoms with E-state index in [1.165, 1.54) is 63.4 Å². The zero-order valence-electron chi connectivity index (χ0n) is 21.9. The minimum atomic E-state index is -4.37. The van der Waals surface area contributed by atoms with Crippen molar-refractivity contribution in [1.82, 2.24) is 10.2 Å². The van der Waals surface area contributed by atoms with Gasteiger partial charge in [0.2, 0.25) is 11.8 Å². The smallest absolute Gasteiger partial charge is 0.264 e. The van der Waals surface area contributed by atoms with Gasteiger partial charge in [-0.1, -0.05) is 23.7 Å². The molecule has 39 heavy (non-hydrogen) atoms. The van der Waals surface area contributed by atoms with Gasteiger partial charge in [0.1, 0.15) is 18.4 Å². The van der Waals surface area contributed by atoms with Crippen molar-refractivity contribution in [3.8, 4) is 11.5 Å². The Labute approximate surface area is 232 Å². The minimum Gasteiger partial charge on any atom is -0.493 e. The second-order valence-corrected chi connectivity index (χ2v) is 10.7. The first-order valence-electron chi connectivity index (χ1n) is 11.8. The van der Waals surface area contributed by atoms with Crippen LogP contribution in [-0.2, 0) is 26.2 Å². The second kappa shape index (κ2) is 12.8. The van der Waals surface area contributed by atoms with Crippen LogP contribution in [0.4, 0.5) is 10.1 Å². The van der Waals surface area contributed by atoms with Gasteiger partial charge in [-0.2, -0.15) is 0 Å². The van der Waals surface area contributed by atoms with Gasteiger partial charge in [0.15, 0.2) is 11.5 Å². The number of hydrogen-bond donors (Lipinski definition) is 1. The van der Waals surface area contributed by atoms with Gasteiger partial charge in [-0.15, -0.1) is 0 Å². The summed E-state index contributed by atoms with van der Waals surface area (Å²) in [6.45, 7) is 0.882. The van der Waals surface area contributed by atoms with Crippen molar-refractivity contribution in [2.24, 2.45) is 0 Å². The minimum absolute atomic E-state index is 0.0122. The predicted octanol–water partition coefficient (Wildman–Crippen LogP) is 3.85. The Balaban J connectivity index is 2.06. The van der Waals surface area contributed by atoms with E-state index in [0.29, 0.717) is 16.3 Å². The van der Waals surface area contributed by atoms with Gasteiger partial charge >= 0.3 is 0 Å². The molecule has 3 aromatic rings. The molecule has 0 saturated heterocycles. The Kier molecular flexibility index (Phi) is 9.76. The van der Waals surface area contributed by atoms with Crippen LogP contribution in [0, 0.1) is 5.82 Å². The molecule has 0 fully saturated rings. The third-order valence-electron chi connectivity index (χ3n) is 6.02. The topological polar surface area (TPSA) is 105 Å². The van der Waals surface area contributed by atoms with Crippen LogP contribution < -0.4 is 19.1 Å². The Bertz CT molecular complexity index is 1420. The molecule has 0 aliphatic rings. The van der Waals surface area contributed by atoms with E-state index in [1.54, 1.807) is 24.3 Å². The number of methoxy groups -OCH3 is 2. The fourth-order valence-electron chi connectivity index (χ4n) is 3.82. The van der Waals surface area contributed by atoms with Crippen LogP contribution in [0.3, 0.4) is 0 Å². The Morgan fingerprint density at radius 2 is 1.59 bits per heavy atom. The van der Waals surface area contributed by atoms with Gasteiger partial charge in [-0.25, -0.2) is 12.8 Å². The summed E-state index contributed by atoms with van der Waals surface area (Å²) in [5, 5.41) is 3.01. The summed E-state index contributed by atoms with van der Waals surface area (Å²) in [7, 11) is -0.152. The standard InChI is InChI=1S/C27H29ClFN3O6S/c1-18(27(34)30-2)31(16-19-5-7-20(28)8-6-19)26(33)17-32(22-11-9-21(29)10-12-22)39(35,36)23-13-14-24(37-3)25(15-23)38-4/h5-15,18H,16-17H2,1-4H3,(H,30,34). The first kappa shape index (κ1) is 29.7. The lowest BCUT2D eigenvalue weighted by Gasteiger charge is -2.31. The highest BCUT2D eigenvalue weighted by atomic mass is 35.5. The molecule has 3 rings (SSSR count). The summed E-state index contributed by atoms with van der Waals surface area (Å²) in [6, 6.07) is 14.5. The van der Waals surface area contributed by atoms with Crippen LogP contribution in [-0.4, -0.2) is 59.0 Å². The number of benzene rings is 3. The molecule has 1 N–H and O–H groups in total. The number of ether oxygens (including phenoxy) is 2. The molecule has 1 atom stereocenters. The van der Waals surface area contributed by atoms with Crippen LogP contribution in [0.15, 0.2) is 71.6 Å². The lowest BCUT2D eigenvalue weighted by molar-refractivity contribution is -0.139. The van der Waals surface area contributed by atoms with Crippen molar-refractivity contribution in [2.75, 3.05) is 32.1 Å². The number of halogens is 2. The Morgan fingerprint density at radius 1 is 0.974 bits per heavy atom. The van der Waals surface area contributed by atoms with Crippen molar-refractivity contribution in [1.29, 1.82) is 0 Å². The number of nitrogens with one attached hydrogen (secondary N) is 1. The molecule has 0 heterocycles. The van der Waals surface area contributed by atoms with Crippen molar-refractivity contribution < 1.29 is 31.9 Å². The molecule has 0 saturated carbocycles. The van der Waals surface area contributed by atoms with Crippen LogP contribution in [0.1, 0.15) is 12.5 Å². The van der Waals surface area contributed by atoms with Gasteiger partial charge in [0.05, 0.1) is 24.8 Å². The molecule has 0 radical (unpaired) electrons. The van der Waals surface area contributed by atoms with E-state index in [0.717, 1.165) is 16.4 Å². The third-order valence-corrected chi connectivity index (χ3v) is 8.04. The van der Waals surface area contributed by atoms with Crippen LogP contribution in [0.5, 0.6) is 11.5 Å². The second-order valence-electron chi connectivity index (χ2n) is 8.44. The van der Waals surface area contributed by atoms with Gasteiger partial charge in [0, 0.05) is 24.7 Å². The van der Waals surface area contributed by atoms with Gasteiger partial charge in [-0.05, 0) is 61.0 Å². The number of carbonyl (C=O) groups excluding carboxylic acids is 2. The van der Waals surface area contributed by atoms with Crippen molar-refractivity contribution in [3.63, 3.8) is 0 Å². The number of sulfonamides is 1. The zero-order chi connectivity index (χ0) is 28.7. The number of nitrogens with zero attached hydrogens (tertiary/aromatic N) is 2. The van der Waals surface area contributed by atoms with Crippen LogP contribution >= 0.6 is 11.6 Å².